The van der Waals surface area contributed by atoms with Gasteiger partial charge in [0, 0.05) is 17.5 Å². The first-order chi connectivity index (χ1) is 6.15. The van der Waals surface area contributed by atoms with Crippen LogP contribution in [0, 0.1) is 13.8 Å². The third-order valence-corrected chi connectivity index (χ3v) is 1.68. The van der Waals surface area contributed by atoms with Gasteiger partial charge in [0.1, 0.15) is 0 Å². The zero-order chi connectivity index (χ0) is 9.84. The molecule has 1 aromatic rings. The standard InChI is InChI=1S/C9H12N2O2/c1-6-5-10-7(2)4-8(6)9(12)11-13-3/h4-5H,1-3H3,(H,11,12). The van der Waals surface area contributed by atoms with E-state index in [1.165, 1.54) is 7.11 Å². The van der Waals surface area contributed by atoms with Gasteiger partial charge in [-0.3, -0.25) is 14.6 Å². The van der Waals surface area contributed by atoms with E-state index >= 15 is 0 Å². The van der Waals surface area contributed by atoms with Crippen molar-refractivity contribution in [3.05, 3.63) is 29.1 Å². The number of amides is 1. The summed E-state index contributed by atoms with van der Waals surface area (Å²) in [5.74, 6) is -0.245. The lowest BCUT2D eigenvalue weighted by Crippen LogP contribution is -2.22. The minimum atomic E-state index is -0.245. The summed E-state index contributed by atoms with van der Waals surface area (Å²) in [6.45, 7) is 3.67. The number of rotatable bonds is 2. The second-order valence-electron chi connectivity index (χ2n) is 2.78. The Morgan fingerprint density at radius 3 is 2.85 bits per heavy atom. The van der Waals surface area contributed by atoms with Crippen molar-refractivity contribution in [3.8, 4) is 0 Å². The first-order valence-corrected chi connectivity index (χ1v) is 3.91. The monoisotopic (exact) mass is 180 g/mol. The molecule has 0 spiro atoms. The molecule has 1 amide bonds. The van der Waals surface area contributed by atoms with Gasteiger partial charge in [-0.25, -0.2) is 5.48 Å². The van der Waals surface area contributed by atoms with Crippen LogP contribution in [-0.4, -0.2) is 18.0 Å². The quantitative estimate of drug-likeness (QED) is 0.690. The zero-order valence-electron chi connectivity index (χ0n) is 7.92. The van der Waals surface area contributed by atoms with Crippen molar-refractivity contribution in [2.24, 2.45) is 0 Å². The second-order valence-corrected chi connectivity index (χ2v) is 2.78. The van der Waals surface area contributed by atoms with Crippen LogP contribution in [0.3, 0.4) is 0 Å². The van der Waals surface area contributed by atoms with Crippen molar-refractivity contribution in [2.45, 2.75) is 13.8 Å². The number of aryl methyl sites for hydroxylation is 2. The van der Waals surface area contributed by atoms with Gasteiger partial charge in [0.25, 0.3) is 5.91 Å². The number of carbonyl (C=O) groups is 1. The van der Waals surface area contributed by atoms with E-state index in [4.69, 9.17) is 0 Å². The van der Waals surface area contributed by atoms with E-state index in [-0.39, 0.29) is 5.91 Å². The fraction of sp³-hybridized carbons (Fsp3) is 0.333. The molecule has 4 nitrogen and oxygen atoms in total. The molecule has 4 heteroatoms. The number of hydrogen-bond donors (Lipinski definition) is 1. The molecule has 0 aliphatic heterocycles. The number of carbonyl (C=O) groups excluding carboxylic acids is 1. The summed E-state index contributed by atoms with van der Waals surface area (Å²) in [6.07, 6.45) is 1.67. The summed E-state index contributed by atoms with van der Waals surface area (Å²) in [5, 5.41) is 0. The fourth-order valence-corrected chi connectivity index (χ4v) is 1.02. The van der Waals surface area contributed by atoms with E-state index < -0.39 is 0 Å². The van der Waals surface area contributed by atoms with Crippen LogP contribution in [0.15, 0.2) is 12.3 Å². The average molecular weight is 180 g/mol. The second kappa shape index (κ2) is 4.00. The van der Waals surface area contributed by atoms with Gasteiger partial charge in [0.2, 0.25) is 0 Å². The fourth-order valence-electron chi connectivity index (χ4n) is 1.02. The molecule has 1 rings (SSSR count). The number of hydroxylamine groups is 1. The van der Waals surface area contributed by atoms with Crippen LogP contribution in [0.5, 0.6) is 0 Å². The number of pyridine rings is 1. The summed E-state index contributed by atoms with van der Waals surface area (Å²) >= 11 is 0. The normalized spacial score (nSPS) is 9.77. The first kappa shape index (κ1) is 9.67. The molecule has 0 aliphatic carbocycles. The summed E-state index contributed by atoms with van der Waals surface area (Å²) < 4.78 is 0. The Balaban J connectivity index is 2.99. The Labute approximate surface area is 76.9 Å². The molecular weight excluding hydrogens is 168 g/mol. The highest BCUT2D eigenvalue weighted by atomic mass is 16.6. The maximum absolute atomic E-state index is 11.4. The largest absolute Gasteiger partial charge is 0.277 e. The minimum absolute atomic E-state index is 0.245. The summed E-state index contributed by atoms with van der Waals surface area (Å²) in [4.78, 5) is 19.9. The van der Waals surface area contributed by atoms with Gasteiger partial charge in [-0.05, 0) is 25.5 Å². The van der Waals surface area contributed by atoms with Crippen molar-refractivity contribution < 1.29 is 9.63 Å². The van der Waals surface area contributed by atoms with Gasteiger partial charge in [0.05, 0.1) is 7.11 Å². The van der Waals surface area contributed by atoms with Gasteiger partial charge in [-0.1, -0.05) is 0 Å². The maximum atomic E-state index is 11.4. The van der Waals surface area contributed by atoms with Crippen LogP contribution in [-0.2, 0) is 4.84 Å². The Hall–Kier alpha value is -1.42. The molecule has 1 heterocycles. The molecule has 0 aliphatic rings. The van der Waals surface area contributed by atoms with Crippen molar-refractivity contribution >= 4 is 5.91 Å². The van der Waals surface area contributed by atoms with Crippen molar-refractivity contribution in [3.63, 3.8) is 0 Å². The first-order valence-electron chi connectivity index (χ1n) is 3.91. The highest BCUT2D eigenvalue weighted by molar-refractivity contribution is 5.94. The average Bonchev–Trinajstić information content (AvgIpc) is 2.09. The zero-order valence-corrected chi connectivity index (χ0v) is 7.92. The Kier molecular flexibility index (Phi) is 2.97. The molecule has 70 valence electrons. The van der Waals surface area contributed by atoms with Crippen molar-refractivity contribution in [1.29, 1.82) is 0 Å². The molecule has 0 saturated heterocycles. The Morgan fingerprint density at radius 2 is 2.23 bits per heavy atom. The van der Waals surface area contributed by atoms with Crippen LogP contribution < -0.4 is 5.48 Å². The van der Waals surface area contributed by atoms with Gasteiger partial charge in [-0.2, -0.15) is 0 Å². The van der Waals surface area contributed by atoms with E-state index in [1.807, 2.05) is 13.8 Å². The maximum Gasteiger partial charge on any atom is 0.275 e. The predicted molar refractivity (Wildman–Crippen MR) is 48.2 cm³/mol. The molecule has 1 aromatic heterocycles. The SMILES string of the molecule is CONC(=O)c1cc(C)ncc1C. The lowest BCUT2D eigenvalue weighted by atomic mass is 10.1. The lowest BCUT2D eigenvalue weighted by Gasteiger charge is -2.05. The van der Waals surface area contributed by atoms with Crippen LogP contribution in [0.4, 0.5) is 0 Å². The Bertz CT molecular complexity index is 323. The van der Waals surface area contributed by atoms with E-state index in [1.54, 1.807) is 12.3 Å². The van der Waals surface area contributed by atoms with Gasteiger partial charge < -0.3 is 0 Å². The predicted octanol–water partition coefficient (Wildman–Crippen LogP) is 0.990. The molecule has 0 unspecified atom stereocenters. The van der Waals surface area contributed by atoms with Gasteiger partial charge in [0.15, 0.2) is 0 Å². The summed E-state index contributed by atoms with van der Waals surface area (Å²) in [7, 11) is 1.40. The summed E-state index contributed by atoms with van der Waals surface area (Å²) in [6, 6.07) is 1.73. The van der Waals surface area contributed by atoms with Crippen LogP contribution in [0.1, 0.15) is 21.6 Å². The van der Waals surface area contributed by atoms with Crippen LogP contribution in [0.2, 0.25) is 0 Å². The minimum Gasteiger partial charge on any atom is -0.277 e. The molecule has 0 saturated carbocycles. The van der Waals surface area contributed by atoms with E-state index in [9.17, 15) is 4.79 Å². The Morgan fingerprint density at radius 1 is 1.54 bits per heavy atom. The summed E-state index contributed by atoms with van der Waals surface area (Å²) in [5.41, 5.74) is 4.50. The highest BCUT2D eigenvalue weighted by Gasteiger charge is 2.08. The third kappa shape index (κ3) is 2.26. The molecule has 0 atom stereocenters. The van der Waals surface area contributed by atoms with Crippen LogP contribution in [0.25, 0.3) is 0 Å². The number of hydrogen-bond acceptors (Lipinski definition) is 3. The van der Waals surface area contributed by atoms with E-state index in [0.717, 1.165) is 11.3 Å². The van der Waals surface area contributed by atoms with E-state index in [2.05, 4.69) is 15.3 Å². The number of aromatic nitrogens is 1. The number of nitrogens with zero attached hydrogens (tertiary/aromatic N) is 1. The molecule has 0 bridgehead atoms. The van der Waals surface area contributed by atoms with E-state index in [0.29, 0.717) is 5.56 Å². The van der Waals surface area contributed by atoms with Gasteiger partial charge >= 0.3 is 0 Å². The molecule has 0 aromatic carbocycles. The molecule has 13 heavy (non-hydrogen) atoms. The third-order valence-electron chi connectivity index (χ3n) is 1.68. The molecule has 0 fully saturated rings. The lowest BCUT2D eigenvalue weighted by molar-refractivity contribution is 0.0537. The van der Waals surface area contributed by atoms with Gasteiger partial charge in [-0.15, -0.1) is 0 Å². The molecule has 1 N–H and O–H groups in total. The van der Waals surface area contributed by atoms with Crippen molar-refractivity contribution in [2.75, 3.05) is 7.11 Å². The number of nitrogens with one attached hydrogen (secondary N) is 1. The van der Waals surface area contributed by atoms with Crippen LogP contribution >= 0.6 is 0 Å². The van der Waals surface area contributed by atoms with Crippen molar-refractivity contribution in [1.82, 2.24) is 10.5 Å². The topological polar surface area (TPSA) is 51.2 Å². The molecular formula is C9H12N2O2. The smallest absolute Gasteiger partial charge is 0.275 e. The molecule has 0 radical (unpaired) electrons. The highest BCUT2D eigenvalue weighted by Crippen LogP contribution is 2.07.